The van der Waals surface area contributed by atoms with E-state index in [1.807, 2.05) is 43.3 Å². The molecule has 4 rings (SSSR count). The summed E-state index contributed by atoms with van der Waals surface area (Å²) in [5.74, 6) is 0.604. The first-order chi connectivity index (χ1) is 15.4. The zero-order valence-corrected chi connectivity index (χ0v) is 19.5. The fourth-order valence-electron chi connectivity index (χ4n) is 4.57. The topological polar surface area (TPSA) is 75.7 Å². The second kappa shape index (κ2) is 10.0. The van der Waals surface area contributed by atoms with Crippen molar-refractivity contribution < 1.29 is 17.9 Å². The summed E-state index contributed by atoms with van der Waals surface area (Å²) in [4.78, 5) is 12.9. The molecule has 1 heterocycles. The van der Waals surface area contributed by atoms with E-state index in [1.165, 1.54) is 21.9 Å². The average molecular weight is 457 g/mol. The van der Waals surface area contributed by atoms with Crippen molar-refractivity contribution in [1.82, 2.24) is 9.62 Å². The molecule has 1 fully saturated rings. The van der Waals surface area contributed by atoms with Gasteiger partial charge in [-0.2, -0.15) is 4.31 Å². The van der Waals surface area contributed by atoms with Crippen molar-refractivity contribution in [2.24, 2.45) is 5.92 Å². The summed E-state index contributed by atoms with van der Waals surface area (Å²) in [6.45, 7) is 3.59. The van der Waals surface area contributed by atoms with Gasteiger partial charge in [0.1, 0.15) is 12.4 Å². The van der Waals surface area contributed by atoms with Crippen LogP contribution in [-0.2, 0) is 27.7 Å². The molecule has 0 unspecified atom stereocenters. The molecule has 0 radical (unpaired) electrons. The molecule has 7 heteroatoms. The van der Waals surface area contributed by atoms with Crippen LogP contribution in [0.2, 0.25) is 0 Å². The lowest BCUT2D eigenvalue weighted by molar-refractivity contribution is -0.126. The monoisotopic (exact) mass is 456 g/mol. The van der Waals surface area contributed by atoms with Crippen LogP contribution in [0.5, 0.6) is 5.75 Å². The second-order valence-corrected chi connectivity index (χ2v) is 10.7. The van der Waals surface area contributed by atoms with Crippen LogP contribution in [0.25, 0.3) is 0 Å². The number of sulfonamides is 1. The Balaban J connectivity index is 1.25. The molecule has 2 aromatic rings. The lowest BCUT2D eigenvalue weighted by Crippen LogP contribution is -2.43. The molecule has 0 saturated carbocycles. The molecular weight excluding hydrogens is 424 g/mol. The fraction of sp³-hybridized carbons (Fsp3) is 0.480. The van der Waals surface area contributed by atoms with E-state index in [1.54, 1.807) is 6.07 Å². The molecule has 0 spiro atoms. The second-order valence-electron chi connectivity index (χ2n) is 8.77. The lowest BCUT2D eigenvalue weighted by atomic mass is 9.92. The Labute approximate surface area is 191 Å². The predicted octanol–water partition coefficient (Wildman–Crippen LogP) is 3.47. The van der Waals surface area contributed by atoms with Gasteiger partial charge in [-0.15, -0.1) is 0 Å². The third-order valence-corrected chi connectivity index (χ3v) is 8.34. The Hall–Kier alpha value is -2.38. The van der Waals surface area contributed by atoms with Crippen LogP contribution < -0.4 is 10.1 Å². The standard InChI is InChI=1S/C25H32N2O4S/c1-19-5-4-8-23(17-19)31-16-13-26-25(28)21-11-14-27(15-12-21)32(29,30)24-10-9-20-6-2-3-7-22(20)18-24/h4-5,8-10,17-18,21H,2-3,6-7,11-16H2,1H3,(H,26,28). The van der Waals surface area contributed by atoms with Gasteiger partial charge in [-0.25, -0.2) is 8.42 Å². The summed E-state index contributed by atoms with van der Waals surface area (Å²) in [5, 5.41) is 2.92. The van der Waals surface area contributed by atoms with E-state index in [9.17, 15) is 13.2 Å². The zero-order valence-electron chi connectivity index (χ0n) is 18.7. The Kier molecular flexibility index (Phi) is 7.16. The van der Waals surface area contributed by atoms with Crippen LogP contribution in [0.4, 0.5) is 0 Å². The van der Waals surface area contributed by atoms with E-state index in [0.29, 0.717) is 44.0 Å². The summed E-state index contributed by atoms with van der Waals surface area (Å²) in [7, 11) is -3.52. The number of hydrogen-bond donors (Lipinski definition) is 1. The maximum atomic E-state index is 13.1. The number of piperidine rings is 1. The Morgan fingerprint density at radius 2 is 1.81 bits per heavy atom. The van der Waals surface area contributed by atoms with Gasteiger partial charge in [-0.3, -0.25) is 4.79 Å². The van der Waals surface area contributed by atoms with E-state index >= 15 is 0 Å². The smallest absolute Gasteiger partial charge is 0.243 e. The first kappa shape index (κ1) is 22.8. The summed E-state index contributed by atoms with van der Waals surface area (Å²) in [6.07, 6.45) is 5.35. The number of rotatable bonds is 7. The number of ether oxygens (including phenoxy) is 1. The van der Waals surface area contributed by atoms with Gasteiger partial charge in [-0.1, -0.05) is 18.2 Å². The van der Waals surface area contributed by atoms with Crippen molar-refractivity contribution in [2.75, 3.05) is 26.2 Å². The van der Waals surface area contributed by atoms with Crippen molar-refractivity contribution >= 4 is 15.9 Å². The Bertz CT molecular complexity index is 1060. The Morgan fingerprint density at radius 1 is 1.06 bits per heavy atom. The van der Waals surface area contributed by atoms with Crippen molar-refractivity contribution in [3.63, 3.8) is 0 Å². The summed E-state index contributed by atoms with van der Waals surface area (Å²) >= 11 is 0. The fourth-order valence-corrected chi connectivity index (χ4v) is 6.09. The van der Waals surface area contributed by atoms with E-state index in [2.05, 4.69) is 5.32 Å². The highest BCUT2D eigenvalue weighted by molar-refractivity contribution is 7.89. The summed E-state index contributed by atoms with van der Waals surface area (Å²) in [6, 6.07) is 13.4. The first-order valence-corrected chi connectivity index (χ1v) is 13.0. The van der Waals surface area contributed by atoms with Crippen molar-refractivity contribution in [3.8, 4) is 5.75 Å². The van der Waals surface area contributed by atoms with Gasteiger partial charge in [0.25, 0.3) is 0 Å². The molecule has 1 saturated heterocycles. The van der Waals surface area contributed by atoms with Crippen LogP contribution in [0.1, 0.15) is 42.4 Å². The van der Waals surface area contributed by atoms with E-state index < -0.39 is 10.0 Å². The van der Waals surface area contributed by atoms with E-state index in [4.69, 9.17) is 4.74 Å². The van der Waals surface area contributed by atoms with Gasteiger partial charge >= 0.3 is 0 Å². The zero-order chi connectivity index (χ0) is 22.6. The van der Waals surface area contributed by atoms with Crippen molar-refractivity contribution in [1.29, 1.82) is 0 Å². The third kappa shape index (κ3) is 5.33. The van der Waals surface area contributed by atoms with Gasteiger partial charge in [0, 0.05) is 19.0 Å². The largest absolute Gasteiger partial charge is 0.492 e. The van der Waals surface area contributed by atoms with Crippen LogP contribution in [0.15, 0.2) is 47.4 Å². The number of fused-ring (bicyclic) bond motifs is 1. The number of hydrogen-bond acceptors (Lipinski definition) is 4. The molecule has 1 amide bonds. The van der Waals surface area contributed by atoms with Gasteiger partial charge < -0.3 is 10.1 Å². The SMILES string of the molecule is Cc1cccc(OCCNC(=O)C2CCN(S(=O)(=O)c3ccc4c(c3)CCCC4)CC2)c1. The lowest BCUT2D eigenvalue weighted by Gasteiger charge is -2.31. The van der Waals surface area contributed by atoms with Crippen molar-refractivity contribution in [2.45, 2.75) is 50.3 Å². The number of aryl methyl sites for hydroxylation is 3. The molecule has 6 nitrogen and oxygen atoms in total. The number of benzene rings is 2. The van der Waals surface area contributed by atoms with Crippen LogP contribution in [-0.4, -0.2) is 44.9 Å². The van der Waals surface area contributed by atoms with Gasteiger partial charge in [-0.05, 0) is 86.4 Å². The minimum atomic E-state index is -3.52. The molecule has 172 valence electrons. The Morgan fingerprint density at radius 3 is 2.56 bits per heavy atom. The summed E-state index contributed by atoms with van der Waals surface area (Å²) < 4.78 is 33.5. The van der Waals surface area contributed by atoms with E-state index in [0.717, 1.165) is 30.6 Å². The quantitative estimate of drug-likeness (QED) is 0.648. The van der Waals surface area contributed by atoms with Crippen molar-refractivity contribution in [3.05, 3.63) is 59.2 Å². The molecular formula is C25H32N2O4S. The average Bonchev–Trinajstić information content (AvgIpc) is 2.81. The molecule has 1 aliphatic heterocycles. The first-order valence-electron chi connectivity index (χ1n) is 11.5. The molecule has 0 bridgehead atoms. The number of amides is 1. The highest BCUT2D eigenvalue weighted by atomic mass is 32.2. The maximum Gasteiger partial charge on any atom is 0.243 e. The number of nitrogens with zero attached hydrogens (tertiary/aromatic N) is 1. The van der Waals surface area contributed by atoms with Crippen LogP contribution in [0, 0.1) is 12.8 Å². The maximum absolute atomic E-state index is 13.1. The normalized spacial score (nSPS) is 17.5. The van der Waals surface area contributed by atoms with Gasteiger partial charge in [0.05, 0.1) is 11.4 Å². The minimum absolute atomic E-state index is 0.0244. The van der Waals surface area contributed by atoms with Gasteiger partial charge in [0.15, 0.2) is 0 Å². The molecule has 0 atom stereocenters. The molecule has 2 aromatic carbocycles. The van der Waals surface area contributed by atoms with E-state index in [-0.39, 0.29) is 11.8 Å². The summed E-state index contributed by atoms with van der Waals surface area (Å²) in [5.41, 5.74) is 3.57. The van der Waals surface area contributed by atoms with Gasteiger partial charge in [0.2, 0.25) is 15.9 Å². The minimum Gasteiger partial charge on any atom is -0.492 e. The highest BCUT2D eigenvalue weighted by Gasteiger charge is 2.32. The molecule has 2 aliphatic rings. The molecule has 1 aliphatic carbocycles. The van der Waals surface area contributed by atoms with Crippen LogP contribution >= 0.6 is 0 Å². The predicted molar refractivity (Wildman–Crippen MR) is 124 cm³/mol. The third-order valence-electron chi connectivity index (χ3n) is 6.44. The van der Waals surface area contributed by atoms with Crippen LogP contribution in [0.3, 0.4) is 0 Å². The highest BCUT2D eigenvalue weighted by Crippen LogP contribution is 2.28. The number of nitrogens with one attached hydrogen (secondary N) is 1. The molecule has 32 heavy (non-hydrogen) atoms. The molecule has 1 N–H and O–H groups in total. The number of carbonyl (C=O) groups excluding carboxylic acids is 1. The molecule has 0 aromatic heterocycles. The number of carbonyl (C=O) groups is 1.